The highest BCUT2D eigenvalue weighted by Gasteiger charge is 2.06. The molecule has 0 saturated heterocycles. The maximum atomic E-state index is 14.0. The third kappa shape index (κ3) is 8.97. The van der Waals surface area contributed by atoms with Gasteiger partial charge in [0.25, 0.3) is 0 Å². The first-order chi connectivity index (χ1) is 14.2. The minimum Gasteiger partial charge on any atom is -0.497 e. The molecule has 0 aliphatic rings. The van der Waals surface area contributed by atoms with E-state index in [9.17, 15) is 4.39 Å². The van der Waals surface area contributed by atoms with Crippen LogP contribution in [0.5, 0.6) is 5.75 Å². The molecule has 0 aliphatic heterocycles. The zero-order chi connectivity index (χ0) is 20.9. The minimum atomic E-state index is -0.359. The van der Waals surface area contributed by atoms with Gasteiger partial charge in [0.1, 0.15) is 11.6 Å². The zero-order valence-corrected chi connectivity index (χ0v) is 19.6. The van der Waals surface area contributed by atoms with Crippen molar-refractivity contribution in [1.82, 2.24) is 10.6 Å². The van der Waals surface area contributed by atoms with Crippen LogP contribution in [-0.4, -0.2) is 32.8 Å². The van der Waals surface area contributed by atoms with Gasteiger partial charge in [-0.3, -0.25) is 0 Å². The van der Waals surface area contributed by atoms with Crippen molar-refractivity contribution in [3.05, 3.63) is 65.0 Å². The second-order valence-electron chi connectivity index (χ2n) is 6.26. The standard InChI is InChI=1S/C22H27FN4O2.HI/c1-3-29-12-4-11-25-22(26-15-17-5-8-20(28-2)9-6-17)27-16-19-13-18(14-24)7-10-21(19)23;/h5-10,13H,3-4,11-12,15-16H2,1-2H3,(H2,25,26,27);1H. The monoisotopic (exact) mass is 526 g/mol. The second kappa shape index (κ2) is 14.6. The Kier molecular flexibility index (Phi) is 12.5. The van der Waals surface area contributed by atoms with Gasteiger partial charge in [-0.2, -0.15) is 5.26 Å². The molecule has 0 unspecified atom stereocenters. The van der Waals surface area contributed by atoms with Gasteiger partial charge in [-0.05, 0) is 49.2 Å². The quantitative estimate of drug-likeness (QED) is 0.212. The van der Waals surface area contributed by atoms with E-state index in [0.717, 1.165) is 17.7 Å². The summed E-state index contributed by atoms with van der Waals surface area (Å²) in [4.78, 5) is 4.58. The summed E-state index contributed by atoms with van der Waals surface area (Å²) < 4.78 is 24.5. The summed E-state index contributed by atoms with van der Waals surface area (Å²) in [6.07, 6.45) is 0.829. The number of methoxy groups -OCH3 is 1. The van der Waals surface area contributed by atoms with E-state index in [1.165, 1.54) is 12.1 Å². The Balaban J connectivity index is 0.00000450. The maximum Gasteiger partial charge on any atom is 0.191 e. The Labute approximate surface area is 194 Å². The van der Waals surface area contributed by atoms with Gasteiger partial charge < -0.3 is 20.1 Å². The number of halogens is 2. The number of hydrogen-bond acceptors (Lipinski definition) is 4. The predicted molar refractivity (Wildman–Crippen MR) is 127 cm³/mol. The number of hydrogen-bond donors (Lipinski definition) is 2. The molecule has 30 heavy (non-hydrogen) atoms. The van der Waals surface area contributed by atoms with Gasteiger partial charge in [-0.1, -0.05) is 12.1 Å². The lowest BCUT2D eigenvalue weighted by Gasteiger charge is -2.13. The molecule has 2 aromatic rings. The third-order valence-corrected chi connectivity index (χ3v) is 4.16. The molecule has 0 atom stereocenters. The normalized spacial score (nSPS) is 10.7. The van der Waals surface area contributed by atoms with Crippen LogP contribution in [0.15, 0.2) is 47.5 Å². The van der Waals surface area contributed by atoms with Gasteiger partial charge in [0.2, 0.25) is 0 Å². The van der Waals surface area contributed by atoms with Crippen molar-refractivity contribution in [2.75, 3.05) is 26.9 Å². The Morgan fingerprint density at radius 2 is 1.93 bits per heavy atom. The van der Waals surface area contributed by atoms with Crippen molar-refractivity contribution in [1.29, 1.82) is 5.26 Å². The van der Waals surface area contributed by atoms with Gasteiger partial charge in [-0.15, -0.1) is 24.0 Å². The van der Waals surface area contributed by atoms with Crippen LogP contribution < -0.4 is 15.4 Å². The lowest BCUT2D eigenvalue weighted by atomic mass is 10.1. The van der Waals surface area contributed by atoms with Gasteiger partial charge in [0.15, 0.2) is 5.96 Å². The van der Waals surface area contributed by atoms with Crippen LogP contribution in [0.1, 0.15) is 30.0 Å². The molecule has 0 amide bonds. The number of guanidine groups is 1. The molecule has 8 heteroatoms. The molecule has 0 aliphatic carbocycles. The maximum absolute atomic E-state index is 14.0. The first-order valence-electron chi connectivity index (χ1n) is 9.57. The number of ether oxygens (including phenoxy) is 2. The lowest BCUT2D eigenvalue weighted by molar-refractivity contribution is 0.145. The van der Waals surface area contributed by atoms with Crippen molar-refractivity contribution in [3.63, 3.8) is 0 Å². The van der Waals surface area contributed by atoms with Crippen molar-refractivity contribution in [2.24, 2.45) is 4.99 Å². The summed E-state index contributed by atoms with van der Waals surface area (Å²) in [5.74, 6) is 0.999. The smallest absolute Gasteiger partial charge is 0.191 e. The summed E-state index contributed by atoms with van der Waals surface area (Å²) >= 11 is 0. The molecule has 0 bridgehead atoms. The summed E-state index contributed by atoms with van der Waals surface area (Å²) in [5.41, 5.74) is 1.86. The molecule has 2 aromatic carbocycles. The molecule has 0 fully saturated rings. The fourth-order valence-electron chi connectivity index (χ4n) is 2.56. The molecule has 0 aromatic heterocycles. The fraction of sp³-hybridized carbons (Fsp3) is 0.364. The van der Waals surface area contributed by atoms with Crippen LogP contribution in [0.25, 0.3) is 0 Å². The number of nitrogens with one attached hydrogen (secondary N) is 2. The molecule has 0 spiro atoms. The number of benzene rings is 2. The second-order valence-corrected chi connectivity index (χ2v) is 6.26. The summed E-state index contributed by atoms with van der Waals surface area (Å²) in [5, 5.41) is 15.4. The summed E-state index contributed by atoms with van der Waals surface area (Å²) in [6, 6.07) is 14.0. The summed E-state index contributed by atoms with van der Waals surface area (Å²) in [6.45, 7) is 4.67. The summed E-state index contributed by atoms with van der Waals surface area (Å²) in [7, 11) is 1.63. The lowest BCUT2D eigenvalue weighted by Crippen LogP contribution is -2.38. The Bertz CT molecular complexity index is 838. The molecule has 0 saturated carbocycles. The minimum absolute atomic E-state index is 0. The van der Waals surface area contributed by atoms with Crippen LogP contribution in [0.2, 0.25) is 0 Å². The first-order valence-corrected chi connectivity index (χ1v) is 9.57. The van der Waals surface area contributed by atoms with E-state index in [4.69, 9.17) is 14.7 Å². The van der Waals surface area contributed by atoms with E-state index in [-0.39, 0.29) is 36.3 Å². The highest BCUT2D eigenvalue weighted by Crippen LogP contribution is 2.12. The van der Waals surface area contributed by atoms with Crippen molar-refractivity contribution >= 4 is 29.9 Å². The molecule has 6 nitrogen and oxygen atoms in total. The Morgan fingerprint density at radius 3 is 2.60 bits per heavy atom. The molecular formula is C22H28FIN4O2. The van der Waals surface area contributed by atoms with Gasteiger partial charge in [-0.25, -0.2) is 9.38 Å². The largest absolute Gasteiger partial charge is 0.497 e. The van der Waals surface area contributed by atoms with Crippen molar-refractivity contribution in [2.45, 2.75) is 26.4 Å². The van der Waals surface area contributed by atoms with E-state index in [1.807, 2.05) is 37.3 Å². The zero-order valence-electron chi connectivity index (χ0n) is 17.3. The average molecular weight is 526 g/mol. The van der Waals surface area contributed by atoms with E-state index in [1.54, 1.807) is 13.2 Å². The first kappa shape index (κ1) is 25.7. The molecular weight excluding hydrogens is 498 g/mol. The number of nitriles is 1. The van der Waals surface area contributed by atoms with Gasteiger partial charge in [0.05, 0.1) is 25.3 Å². The molecule has 0 radical (unpaired) electrons. The average Bonchev–Trinajstić information content (AvgIpc) is 2.76. The van der Waals surface area contributed by atoms with E-state index in [2.05, 4.69) is 15.6 Å². The SMILES string of the molecule is CCOCCCNC(=NCc1ccc(OC)cc1)NCc1cc(C#N)ccc1F.I. The number of aliphatic imine (C=N–C) groups is 1. The van der Waals surface area contributed by atoms with E-state index >= 15 is 0 Å². The topological polar surface area (TPSA) is 78.7 Å². The number of rotatable bonds is 10. The molecule has 162 valence electrons. The Hall–Kier alpha value is -2.38. The van der Waals surface area contributed by atoms with Crippen LogP contribution in [0, 0.1) is 17.1 Å². The molecule has 2 N–H and O–H groups in total. The van der Waals surface area contributed by atoms with E-state index in [0.29, 0.717) is 43.4 Å². The van der Waals surface area contributed by atoms with E-state index < -0.39 is 0 Å². The van der Waals surface area contributed by atoms with Crippen LogP contribution in [0.4, 0.5) is 4.39 Å². The molecule has 2 rings (SSSR count). The third-order valence-electron chi connectivity index (χ3n) is 4.16. The highest BCUT2D eigenvalue weighted by molar-refractivity contribution is 14.0. The van der Waals surface area contributed by atoms with Crippen molar-refractivity contribution < 1.29 is 13.9 Å². The van der Waals surface area contributed by atoms with Gasteiger partial charge in [0, 0.05) is 31.9 Å². The Morgan fingerprint density at radius 1 is 1.17 bits per heavy atom. The van der Waals surface area contributed by atoms with Crippen LogP contribution in [0.3, 0.4) is 0 Å². The van der Waals surface area contributed by atoms with Gasteiger partial charge >= 0.3 is 0 Å². The molecule has 0 heterocycles. The van der Waals surface area contributed by atoms with Crippen LogP contribution in [-0.2, 0) is 17.8 Å². The predicted octanol–water partition coefficient (Wildman–Crippen LogP) is 3.99. The fourth-order valence-corrected chi connectivity index (χ4v) is 2.56. The highest BCUT2D eigenvalue weighted by atomic mass is 127. The van der Waals surface area contributed by atoms with Crippen LogP contribution >= 0.6 is 24.0 Å². The number of nitrogens with zero attached hydrogens (tertiary/aromatic N) is 2. The van der Waals surface area contributed by atoms with Crippen molar-refractivity contribution in [3.8, 4) is 11.8 Å².